The molecule has 100 valence electrons. The molecule has 1 saturated heterocycles. The molecule has 0 amide bonds. The molecule has 3 nitrogen and oxygen atoms in total. The Hall–Kier alpha value is -0.120. The number of likely N-dealkylation sites (N-methyl/N-ethyl adjacent to an activating group) is 1. The van der Waals surface area contributed by atoms with Gasteiger partial charge in [-0.1, -0.05) is 6.92 Å². The number of morpholine rings is 1. The van der Waals surface area contributed by atoms with Gasteiger partial charge in [-0.25, -0.2) is 0 Å². The normalized spacial score (nSPS) is 31.4. The first-order valence-electron chi connectivity index (χ1n) is 7.14. The maximum atomic E-state index is 5.96. The van der Waals surface area contributed by atoms with E-state index in [-0.39, 0.29) is 5.60 Å². The van der Waals surface area contributed by atoms with Gasteiger partial charge >= 0.3 is 0 Å². The molecule has 1 aliphatic heterocycles. The Bertz CT molecular complexity index is 251. The zero-order valence-corrected chi connectivity index (χ0v) is 11.8. The summed E-state index contributed by atoms with van der Waals surface area (Å²) in [4.78, 5) is 2.58. The SMILES string of the molecule is CCNC(CN1CC(C)OC(C)(C)C1)C1CC1. The Balaban J connectivity index is 1.87. The largest absolute Gasteiger partial charge is 0.370 e. The van der Waals surface area contributed by atoms with Crippen LogP contribution in [0, 0.1) is 5.92 Å². The van der Waals surface area contributed by atoms with Crippen LogP contribution >= 0.6 is 0 Å². The zero-order chi connectivity index (χ0) is 12.5. The minimum atomic E-state index is 0.0119. The van der Waals surface area contributed by atoms with Gasteiger partial charge in [0.1, 0.15) is 0 Å². The van der Waals surface area contributed by atoms with Gasteiger partial charge in [0.25, 0.3) is 0 Å². The van der Waals surface area contributed by atoms with E-state index in [9.17, 15) is 0 Å². The fraction of sp³-hybridized carbons (Fsp3) is 1.00. The number of nitrogens with zero attached hydrogens (tertiary/aromatic N) is 1. The third kappa shape index (κ3) is 3.94. The standard InChI is InChI=1S/C14H28N2O/c1-5-15-13(12-6-7-12)9-16-8-11(2)17-14(3,4)10-16/h11-13,15H,5-10H2,1-4H3. The second-order valence-corrected chi connectivity index (χ2v) is 6.38. The van der Waals surface area contributed by atoms with Crippen LogP contribution in [0.25, 0.3) is 0 Å². The quantitative estimate of drug-likeness (QED) is 0.794. The maximum absolute atomic E-state index is 5.96. The minimum Gasteiger partial charge on any atom is -0.370 e. The van der Waals surface area contributed by atoms with E-state index in [4.69, 9.17) is 4.74 Å². The lowest BCUT2D eigenvalue weighted by Gasteiger charge is -2.43. The van der Waals surface area contributed by atoms with Crippen molar-refractivity contribution in [2.75, 3.05) is 26.2 Å². The number of hydrogen-bond donors (Lipinski definition) is 1. The molecule has 1 aliphatic carbocycles. The summed E-state index contributed by atoms with van der Waals surface area (Å²) in [5.41, 5.74) is 0.0119. The zero-order valence-electron chi connectivity index (χ0n) is 11.8. The summed E-state index contributed by atoms with van der Waals surface area (Å²) < 4.78 is 5.96. The van der Waals surface area contributed by atoms with Crippen LogP contribution in [0.15, 0.2) is 0 Å². The number of nitrogens with one attached hydrogen (secondary N) is 1. The van der Waals surface area contributed by atoms with Crippen molar-refractivity contribution in [3.63, 3.8) is 0 Å². The topological polar surface area (TPSA) is 24.5 Å². The number of rotatable bonds is 5. The first-order chi connectivity index (χ1) is 8.00. The Kier molecular flexibility index (Phi) is 4.11. The molecule has 0 aromatic heterocycles. The van der Waals surface area contributed by atoms with Crippen molar-refractivity contribution >= 4 is 0 Å². The lowest BCUT2D eigenvalue weighted by atomic mass is 10.0. The average molecular weight is 240 g/mol. The molecule has 2 rings (SSSR count). The van der Waals surface area contributed by atoms with E-state index in [1.54, 1.807) is 0 Å². The summed E-state index contributed by atoms with van der Waals surface area (Å²) in [6.07, 6.45) is 3.20. The minimum absolute atomic E-state index is 0.0119. The lowest BCUT2D eigenvalue weighted by Crippen LogP contribution is -2.55. The highest BCUT2D eigenvalue weighted by Crippen LogP contribution is 2.33. The first-order valence-corrected chi connectivity index (χ1v) is 7.14. The van der Waals surface area contributed by atoms with Crippen LogP contribution in [0.3, 0.4) is 0 Å². The summed E-state index contributed by atoms with van der Waals surface area (Å²) in [6, 6.07) is 0.695. The van der Waals surface area contributed by atoms with Gasteiger partial charge in [0.05, 0.1) is 11.7 Å². The number of ether oxygens (including phenoxy) is 1. The molecule has 2 aliphatic rings. The summed E-state index contributed by atoms with van der Waals surface area (Å²) in [5, 5.41) is 3.65. The Labute approximate surface area is 106 Å². The van der Waals surface area contributed by atoms with Crippen molar-refractivity contribution in [1.82, 2.24) is 10.2 Å². The molecule has 1 heterocycles. The third-order valence-corrected chi connectivity index (χ3v) is 3.75. The molecule has 2 fully saturated rings. The van der Waals surface area contributed by atoms with Crippen LogP contribution in [0.2, 0.25) is 0 Å². The summed E-state index contributed by atoms with van der Waals surface area (Å²) in [5.74, 6) is 0.927. The van der Waals surface area contributed by atoms with Crippen LogP contribution in [0.1, 0.15) is 40.5 Å². The van der Waals surface area contributed by atoms with Crippen molar-refractivity contribution in [3.05, 3.63) is 0 Å². The van der Waals surface area contributed by atoms with Crippen LogP contribution < -0.4 is 5.32 Å². The highest BCUT2D eigenvalue weighted by atomic mass is 16.5. The van der Waals surface area contributed by atoms with Crippen molar-refractivity contribution in [2.45, 2.75) is 58.3 Å². The van der Waals surface area contributed by atoms with Crippen LogP contribution in [0.5, 0.6) is 0 Å². The second kappa shape index (κ2) is 5.25. The predicted molar refractivity (Wildman–Crippen MR) is 71.3 cm³/mol. The van der Waals surface area contributed by atoms with Gasteiger partial charge in [0.2, 0.25) is 0 Å². The molecule has 17 heavy (non-hydrogen) atoms. The fourth-order valence-corrected chi connectivity index (χ4v) is 3.14. The Morgan fingerprint density at radius 2 is 2.12 bits per heavy atom. The molecule has 0 bridgehead atoms. The van der Waals surface area contributed by atoms with Gasteiger partial charge in [-0.2, -0.15) is 0 Å². The molecule has 2 atom stereocenters. The second-order valence-electron chi connectivity index (χ2n) is 6.38. The number of hydrogen-bond acceptors (Lipinski definition) is 3. The van der Waals surface area contributed by atoms with E-state index in [1.165, 1.54) is 19.4 Å². The summed E-state index contributed by atoms with van der Waals surface area (Å²) >= 11 is 0. The van der Waals surface area contributed by atoms with Crippen LogP contribution in [-0.2, 0) is 4.74 Å². The monoisotopic (exact) mass is 240 g/mol. The van der Waals surface area contributed by atoms with E-state index < -0.39 is 0 Å². The van der Waals surface area contributed by atoms with Gasteiger partial charge in [0.15, 0.2) is 0 Å². The van der Waals surface area contributed by atoms with E-state index in [0.29, 0.717) is 12.1 Å². The molecule has 0 radical (unpaired) electrons. The van der Waals surface area contributed by atoms with E-state index in [0.717, 1.165) is 25.6 Å². The van der Waals surface area contributed by atoms with Crippen molar-refractivity contribution in [3.8, 4) is 0 Å². The fourth-order valence-electron chi connectivity index (χ4n) is 3.14. The van der Waals surface area contributed by atoms with Gasteiger partial charge in [-0.15, -0.1) is 0 Å². The molecule has 1 N–H and O–H groups in total. The highest BCUT2D eigenvalue weighted by molar-refractivity contribution is 4.91. The summed E-state index contributed by atoms with van der Waals surface area (Å²) in [6.45, 7) is 13.2. The molecule has 2 unspecified atom stereocenters. The molecule has 0 aromatic rings. The van der Waals surface area contributed by atoms with E-state index >= 15 is 0 Å². The smallest absolute Gasteiger partial charge is 0.0757 e. The molecule has 0 spiro atoms. The van der Waals surface area contributed by atoms with Crippen LogP contribution in [0.4, 0.5) is 0 Å². The highest BCUT2D eigenvalue weighted by Gasteiger charge is 2.36. The predicted octanol–water partition coefficient (Wildman–Crippen LogP) is 1.87. The van der Waals surface area contributed by atoms with Gasteiger partial charge < -0.3 is 10.1 Å². The first kappa shape index (κ1) is 13.3. The van der Waals surface area contributed by atoms with Crippen molar-refractivity contribution in [2.24, 2.45) is 5.92 Å². The molecular weight excluding hydrogens is 212 g/mol. The van der Waals surface area contributed by atoms with Gasteiger partial charge in [0, 0.05) is 25.7 Å². The Morgan fingerprint density at radius 3 is 2.65 bits per heavy atom. The van der Waals surface area contributed by atoms with E-state index in [2.05, 4.69) is 37.9 Å². The average Bonchev–Trinajstić information content (AvgIpc) is 2.96. The van der Waals surface area contributed by atoms with E-state index in [1.807, 2.05) is 0 Å². The molecule has 3 heteroatoms. The third-order valence-electron chi connectivity index (χ3n) is 3.75. The summed E-state index contributed by atoms with van der Waals surface area (Å²) in [7, 11) is 0. The van der Waals surface area contributed by atoms with Crippen LogP contribution in [-0.4, -0.2) is 48.8 Å². The Morgan fingerprint density at radius 1 is 1.41 bits per heavy atom. The van der Waals surface area contributed by atoms with Gasteiger partial charge in [-0.3, -0.25) is 4.90 Å². The molecular formula is C14H28N2O. The lowest BCUT2D eigenvalue weighted by molar-refractivity contribution is -0.130. The molecule has 1 saturated carbocycles. The van der Waals surface area contributed by atoms with Crippen molar-refractivity contribution in [1.29, 1.82) is 0 Å². The van der Waals surface area contributed by atoms with Gasteiger partial charge in [-0.05, 0) is 46.1 Å². The molecule has 0 aromatic carbocycles. The maximum Gasteiger partial charge on any atom is 0.0757 e. The van der Waals surface area contributed by atoms with Crippen molar-refractivity contribution < 1.29 is 4.74 Å².